The molecule has 0 spiro atoms. The van der Waals surface area contributed by atoms with Crippen LogP contribution in [-0.4, -0.2) is 57.6 Å². The van der Waals surface area contributed by atoms with Crippen LogP contribution in [0.3, 0.4) is 0 Å². The SMILES string of the molecule is CCC(c1ncc(-c2ccc(B3OC(C)(C)C(C)(C)O3)cc2)[nH]1)N(CC)C(=O)C(NC(C)=O)C(C)C. The van der Waals surface area contributed by atoms with Gasteiger partial charge in [0, 0.05) is 13.5 Å². The second kappa shape index (κ2) is 10.8. The van der Waals surface area contributed by atoms with Crippen molar-refractivity contribution in [2.45, 2.75) is 92.0 Å². The third-order valence-corrected chi connectivity index (χ3v) is 7.34. The van der Waals surface area contributed by atoms with Gasteiger partial charge < -0.3 is 24.5 Å². The largest absolute Gasteiger partial charge is 0.494 e. The van der Waals surface area contributed by atoms with E-state index >= 15 is 0 Å². The Balaban J connectivity index is 1.80. The molecule has 1 aromatic heterocycles. The van der Waals surface area contributed by atoms with Gasteiger partial charge in [0.05, 0.1) is 29.1 Å². The predicted octanol–water partition coefficient (Wildman–Crippen LogP) is 3.84. The molecule has 2 N–H and O–H groups in total. The van der Waals surface area contributed by atoms with Gasteiger partial charge in [-0.25, -0.2) is 4.98 Å². The third kappa shape index (κ3) is 5.67. The third-order valence-electron chi connectivity index (χ3n) is 7.34. The average molecular weight is 496 g/mol. The Labute approximate surface area is 215 Å². The van der Waals surface area contributed by atoms with Crippen molar-refractivity contribution < 1.29 is 18.9 Å². The van der Waals surface area contributed by atoms with Crippen LogP contribution < -0.4 is 10.8 Å². The Morgan fingerprint density at radius 1 is 1.08 bits per heavy atom. The Morgan fingerprint density at radius 2 is 1.67 bits per heavy atom. The maximum atomic E-state index is 13.4. The average Bonchev–Trinajstić information content (AvgIpc) is 3.37. The number of aromatic nitrogens is 2. The predicted molar refractivity (Wildman–Crippen MR) is 143 cm³/mol. The molecule has 9 heteroatoms. The van der Waals surface area contributed by atoms with Crippen molar-refractivity contribution in [3.8, 4) is 11.3 Å². The molecule has 2 heterocycles. The van der Waals surface area contributed by atoms with Gasteiger partial charge in [0.25, 0.3) is 0 Å². The van der Waals surface area contributed by atoms with Gasteiger partial charge in [-0.3, -0.25) is 9.59 Å². The minimum Gasteiger partial charge on any atom is -0.399 e. The number of H-pyrrole nitrogens is 1. The number of benzene rings is 1. The lowest BCUT2D eigenvalue weighted by Gasteiger charge is -2.33. The van der Waals surface area contributed by atoms with Gasteiger partial charge in [-0.2, -0.15) is 0 Å². The molecule has 1 saturated heterocycles. The number of nitrogens with zero attached hydrogens (tertiary/aromatic N) is 2. The normalized spacial score (nSPS) is 18.2. The van der Waals surface area contributed by atoms with Crippen molar-refractivity contribution >= 4 is 24.4 Å². The van der Waals surface area contributed by atoms with E-state index < -0.39 is 13.2 Å². The number of carbonyl (C=O) groups excluding carboxylic acids is 2. The van der Waals surface area contributed by atoms with Gasteiger partial charge in [-0.15, -0.1) is 0 Å². The van der Waals surface area contributed by atoms with Gasteiger partial charge >= 0.3 is 7.12 Å². The van der Waals surface area contributed by atoms with E-state index in [1.807, 2.05) is 79.7 Å². The molecule has 2 amide bonds. The maximum absolute atomic E-state index is 13.4. The smallest absolute Gasteiger partial charge is 0.399 e. The van der Waals surface area contributed by atoms with Crippen LogP contribution in [0.15, 0.2) is 30.5 Å². The van der Waals surface area contributed by atoms with E-state index in [-0.39, 0.29) is 35.0 Å². The molecular weight excluding hydrogens is 455 g/mol. The Hall–Kier alpha value is -2.65. The number of imidazole rings is 1. The molecule has 1 aromatic carbocycles. The molecule has 36 heavy (non-hydrogen) atoms. The lowest BCUT2D eigenvalue weighted by Crippen LogP contribution is -2.51. The highest BCUT2D eigenvalue weighted by Gasteiger charge is 2.51. The minimum atomic E-state index is -0.576. The van der Waals surface area contributed by atoms with Crippen molar-refractivity contribution in [2.75, 3.05) is 6.54 Å². The highest BCUT2D eigenvalue weighted by atomic mass is 16.7. The van der Waals surface area contributed by atoms with Gasteiger partial charge in [0.2, 0.25) is 11.8 Å². The summed E-state index contributed by atoms with van der Waals surface area (Å²) >= 11 is 0. The zero-order valence-corrected chi connectivity index (χ0v) is 23.1. The summed E-state index contributed by atoms with van der Waals surface area (Å²) in [7, 11) is -0.410. The lowest BCUT2D eigenvalue weighted by atomic mass is 9.79. The standard InChI is InChI=1S/C27H41BN4O4/c1-10-22(32(11-2)25(34)23(17(3)4)30-18(5)33)24-29-16-21(31-24)19-12-14-20(15-13-19)28-35-26(6,7)27(8,9)36-28/h12-17,22-23H,10-11H2,1-9H3,(H,29,31)(H,30,33). The van der Waals surface area contributed by atoms with Gasteiger partial charge in [-0.1, -0.05) is 45.0 Å². The van der Waals surface area contributed by atoms with Crippen LogP contribution in [0.1, 0.15) is 80.6 Å². The first-order chi connectivity index (χ1) is 16.8. The fourth-order valence-electron chi connectivity index (χ4n) is 4.45. The molecule has 3 rings (SSSR count). The number of likely N-dealkylation sites (N-methyl/N-ethyl adjacent to an activating group) is 1. The zero-order chi connectivity index (χ0) is 26.8. The first-order valence-electron chi connectivity index (χ1n) is 12.9. The molecule has 2 unspecified atom stereocenters. The molecule has 0 bridgehead atoms. The van der Waals surface area contributed by atoms with Crippen molar-refractivity contribution in [2.24, 2.45) is 5.92 Å². The van der Waals surface area contributed by atoms with Crippen molar-refractivity contribution in [3.63, 3.8) is 0 Å². The van der Waals surface area contributed by atoms with Gasteiger partial charge in [-0.05, 0) is 58.0 Å². The second-order valence-corrected chi connectivity index (χ2v) is 10.9. The van der Waals surface area contributed by atoms with Crippen LogP contribution in [0.25, 0.3) is 11.3 Å². The second-order valence-electron chi connectivity index (χ2n) is 10.9. The van der Waals surface area contributed by atoms with E-state index in [0.717, 1.165) is 22.5 Å². The van der Waals surface area contributed by atoms with E-state index in [0.29, 0.717) is 13.0 Å². The number of hydrogen-bond donors (Lipinski definition) is 2. The van der Waals surface area contributed by atoms with Crippen LogP contribution in [0.4, 0.5) is 0 Å². The summed E-state index contributed by atoms with van der Waals surface area (Å²) in [6.07, 6.45) is 2.49. The Kier molecular flexibility index (Phi) is 8.35. The number of nitrogens with one attached hydrogen (secondary N) is 2. The summed E-state index contributed by atoms with van der Waals surface area (Å²) < 4.78 is 12.3. The molecule has 0 radical (unpaired) electrons. The molecule has 8 nitrogen and oxygen atoms in total. The maximum Gasteiger partial charge on any atom is 0.494 e. The van der Waals surface area contributed by atoms with Crippen LogP contribution in [0.5, 0.6) is 0 Å². The van der Waals surface area contributed by atoms with Crippen LogP contribution >= 0.6 is 0 Å². The summed E-state index contributed by atoms with van der Waals surface area (Å²) in [5, 5.41) is 2.81. The molecule has 196 valence electrons. The van der Waals surface area contributed by atoms with Crippen molar-refractivity contribution in [1.82, 2.24) is 20.2 Å². The number of amides is 2. The summed E-state index contributed by atoms with van der Waals surface area (Å²) in [4.78, 5) is 34.9. The lowest BCUT2D eigenvalue weighted by molar-refractivity contribution is -0.139. The molecule has 1 aliphatic heterocycles. The fraction of sp³-hybridized carbons (Fsp3) is 0.593. The molecule has 1 aliphatic rings. The van der Waals surface area contributed by atoms with Gasteiger partial charge in [0.1, 0.15) is 11.9 Å². The summed E-state index contributed by atoms with van der Waals surface area (Å²) in [5.41, 5.74) is 2.04. The van der Waals surface area contributed by atoms with E-state index in [2.05, 4.69) is 15.3 Å². The first kappa shape index (κ1) is 27.9. The molecule has 0 aliphatic carbocycles. The molecular formula is C27H41BN4O4. The fourth-order valence-corrected chi connectivity index (χ4v) is 4.45. The van der Waals surface area contributed by atoms with E-state index in [1.165, 1.54) is 6.92 Å². The monoisotopic (exact) mass is 496 g/mol. The topological polar surface area (TPSA) is 96.6 Å². The number of hydrogen-bond acceptors (Lipinski definition) is 5. The number of rotatable bonds is 9. The van der Waals surface area contributed by atoms with Crippen LogP contribution in [0, 0.1) is 5.92 Å². The highest BCUT2D eigenvalue weighted by molar-refractivity contribution is 6.62. The molecule has 1 fully saturated rings. The van der Waals surface area contributed by atoms with E-state index in [9.17, 15) is 9.59 Å². The van der Waals surface area contributed by atoms with Crippen molar-refractivity contribution in [1.29, 1.82) is 0 Å². The molecule has 0 saturated carbocycles. The van der Waals surface area contributed by atoms with E-state index in [1.54, 1.807) is 11.1 Å². The number of aromatic amines is 1. The number of carbonyl (C=O) groups is 2. The Bertz CT molecular complexity index is 1050. The van der Waals surface area contributed by atoms with Gasteiger partial charge in [0.15, 0.2) is 0 Å². The zero-order valence-electron chi connectivity index (χ0n) is 23.1. The van der Waals surface area contributed by atoms with Crippen LogP contribution in [-0.2, 0) is 18.9 Å². The summed E-state index contributed by atoms with van der Waals surface area (Å²) in [6.45, 7) is 18.0. The molecule has 2 aromatic rings. The van der Waals surface area contributed by atoms with Crippen LogP contribution in [0.2, 0.25) is 0 Å². The van der Waals surface area contributed by atoms with E-state index in [4.69, 9.17) is 9.31 Å². The molecule has 2 atom stereocenters. The minimum absolute atomic E-state index is 0.0254. The Morgan fingerprint density at radius 3 is 2.14 bits per heavy atom. The quantitative estimate of drug-likeness (QED) is 0.515. The first-order valence-corrected chi connectivity index (χ1v) is 12.9. The summed E-state index contributed by atoms with van der Waals surface area (Å²) in [6, 6.07) is 7.26. The van der Waals surface area contributed by atoms with Crippen molar-refractivity contribution in [3.05, 3.63) is 36.3 Å². The summed E-state index contributed by atoms with van der Waals surface area (Å²) in [5.74, 6) is 0.389. The highest BCUT2D eigenvalue weighted by Crippen LogP contribution is 2.36.